The topological polar surface area (TPSA) is 109 Å². The van der Waals surface area contributed by atoms with E-state index in [0.717, 1.165) is 4.88 Å². The summed E-state index contributed by atoms with van der Waals surface area (Å²) >= 11 is 1.54. The first-order valence-electron chi connectivity index (χ1n) is 8.26. The van der Waals surface area contributed by atoms with Gasteiger partial charge in [-0.05, 0) is 17.5 Å². The molecule has 9 nitrogen and oxygen atoms in total. The van der Waals surface area contributed by atoms with Crippen molar-refractivity contribution in [1.29, 1.82) is 0 Å². The average molecular weight is 402 g/mol. The maximum Gasteiger partial charge on any atom is 0.286 e. The maximum atomic E-state index is 12.7. The summed E-state index contributed by atoms with van der Waals surface area (Å²) in [6, 6.07) is 7.91. The number of hydrogen-bond acceptors (Lipinski definition) is 7. The lowest BCUT2D eigenvalue weighted by atomic mass is 10.1. The van der Waals surface area contributed by atoms with Gasteiger partial charge in [0, 0.05) is 29.9 Å². The van der Waals surface area contributed by atoms with Gasteiger partial charge in [0.2, 0.25) is 0 Å². The first kappa shape index (κ1) is 19.4. The van der Waals surface area contributed by atoms with Crippen LogP contribution in [0.2, 0.25) is 0 Å². The minimum Gasteiger partial charge on any atom is -0.493 e. The summed E-state index contributed by atoms with van der Waals surface area (Å²) in [5, 5.41) is 20.4. The van der Waals surface area contributed by atoms with E-state index in [1.54, 1.807) is 23.1 Å². The summed E-state index contributed by atoms with van der Waals surface area (Å²) in [6.07, 6.45) is 3.46. The van der Waals surface area contributed by atoms with Gasteiger partial charge in [0.1, 0.15) is 11.6 Å². The summed E-state index contributed by atoms with van der Waals surface area (Å²) in [6.45, 7) is 0.215. The number of nitro groups is 1. The van der Waals surface area contributed by atoms with Crippen LogP contribution >= 0.6 is 11.3 Å². The molecule has 3 rings (SSSR count). The van der Waals surface area contributed by atoms with Crippen molar-refractivity contribution in [3.8, 4) is 11.5 Å². The summed E-state index contributed by atoms with van der Waals surface area (Å²) in [5.41, 5.74) is -0.463. The highest BCUT2D eigenvalue weighted by atomic mass is 32.1. The van der Waals surface area contributed by atoms with Gasteiger partial charge in [-0.3, -0.25) is 19.6 Å². The molecule has 10 heteroatoms. The Kier molecular flexibility index (Phi) is 5.90. The van der Waals surface area contributed by atoms with Gasteiger partial charge in [-0.2, -0.15) is 5.10 Å². The Morgan fingerprint density at radius 1 is 1.32 bits per heavy atom. The second-order valence-electron chi connectivity index (χ2n) is 5.71. The van der Waals surface area contributed by atoms with E-state index in [9.17, 15) is 14.9 Å². The normalized spacial score (nSPS) is 11.6. The number of carbonyl (C=O) groups excluding carboxylic acids is 1. The number of aromatic nitrogens is 2. The van der Waals surface area contributed by atoms with Crippen LogP contribution in [0, 0.1) is 10.1 Å². The van der Waals surface area contributed by atoms with E-state index >= 15 is 0 Å². The monoisotopic (exact) mass is 402 g/mol. The van der Waals surface area contributed by atoms with Crippen LogP contribution in [0.25, 0.3) is 0 Å². The summed E-state index contributed by atoms with van der Waals surface area (Å²) in [4.78, 5) is 24.5. The number of ether oxygens (including phenoxy) is 2. The highest BCUT2D eigenvalue weighted by Gasteiger charge is 2.25. The molecule has 1 unspecified atom stereocenters. The van der Waals surface area contributed by atoms with Gasteiger partial charge < -0.3 is 14.8 Å². The number of benzene rings is 1. The number of nitrogens with one attached hydrogen (secondary N) is 1. The van der Waals surface area contributed by atoms with Gasteiger partial charge in [-0.25, -0.2) is 0 Å². The van der Waals surface area contributed by atoms with Crippen molar-refractivity contribution in [2.24, 2.45) is 0 Å². The Morgan fingerprint density at radius 3 is 2.64 bits per heavy atom. The van der Waals surface area contributed by atoms with E-state index in [1.807, 2.05) is 17.5 Å². The van der Waals surface area contributed by atoms with E-state index in [-0.39, 0.29) is 35.3 Å². The lowest BCUT2D eigenvalue weighted by molar-refractivity contribution is -0.385. The molecular formula is C18H18N4O5S. The molecule has 1 N–H and O–H groups in total. The number of amides is 1. The highest BCUT2D eigenvalue weighted by molar-refractivity contribution is 7.10. The largest absolute Gasteiger partial charge is 0.493 e. The number of nitrogens with zero attached hydrogens (tertiary/aromatic N) is 3. The predicted octanol–water partition coefficient (Wildman–Crippen LogP) is 2.89. The Bertz CT molecular complexity index is 923. The molecule has 0 radical (unpaired) electrons. The first-order valence-corrected chi connectivity index (χ1v) is 9.14. The molecule has 0 fully saturated rings. The third kappa shape index (κ3) is 3.96. The van der Waals surface area contributed by atoms with Crippen LogP contribution in [0.15, 0.2) is 48.1 Å². The Hall–Kier alpha value is -3.40. The van der Waals surface area contributed by atoms with E-state index in [2.05, 4.69) is 10.4 Å². The van der Waals surface area contributed by atoms with Crippen molar-refractivity contribution >= 4 is 22.9 Å². The van der Waals surface area contributed by atoms with E-state index in [1.165, 1.54) is 37.7 Å². The molecule has 146 valence electrons. The number of rotatable bonds is 8. The fourth-order valence-corrected chi connectivity index (χ4v) is 3.58. The average Bonchev–Trinajstić information content (AvgIpc) is 3.41. The molecule has 0 aliphatic rings. The van der Waals surface area contributed by atoms with Crippen LogP contribution in [0.5, 0.6) is 11.5 Å². The molecule has 2 aromatic heterocycles. The molecule has 0 saturated carbocycles. The van der Waals surface area contributed by atoms with Gasteiger partial charge >= 0.3 is 0 Å². The summed E-state index contributed by atoms with van der Waals surface area (Å²) < 4.78 is 12.0. The second kappa shape index (κ2) is 8.53. The highest BCUT2D eigenvalue weighted by Crippen LogP contribution is 2.34. The van der Waals surface area contributed by atoms with Crippen LogP contribution in [-0.4, -0.2) is 41.4 Å². The lowest BCUT2D eigenvalue weighted by Crippen LogP contribution is -2.31. The van der Waals surface area contributed by atoms with Crippen molar-refractivity contribution in [2.75, 3.05) is 20.8 Å². The molecule has 0 aliphatic heterocycles. The van der Waals surface area contributed by atoms with Gasteiger partial charge in [-0.1, -0.05) is 6.07 Å². The maximum absolute atomic E-state index is 12.7. The van der Waals surface area contributed by atoms with E-state index in [0.29, 0.717) is 0 Å². The van der Waals surface area contributed by atoms with Crippen LogP contribution in [0.3, 0.4) is 0 Å². The van der Waals surface area contributed by atoms with Gasteiger partial charge in [0.15, 0.2) is 11.5 Å². The van der Waals surface area contributed by atoms with Crippen molar-refractivity contribution < 1.29 is 19.2 Å². The van der Waals surface area contributed by atoms with Gasteiger partial charge in [-0.15, -0.1) is 11.3 Å². The van der Waals surface area contributed by atoms with Crippen LogP contribution in [0.1, 0.15) is 21.3 Å². The molecule has 28 heavy (non-hydrogen) atoms. The Balaban J connectivity index is 1.87. The summed E-state index contributed by atoms with van der Waals surface area (Å²) in [5.74, 6) is -0.166. The third-order valence-electron chi connectivity index (χ3n) is 4.11. The first-order chi connectivity index (χ1) is 13.5. The minimum absolute atomic E-state index is 0.104. The number of nitro benzene ring substituents is 1. The third-order valence-corrected chi connectivity index (χ3v) is 5.09. The molecule has 0 spiro atoms. The Labute approximate surface area is 164 Å². The fourth-order valence-electron chi connectivity index (χ4n) is 2.76. The fraction of sp³-hybridized carbons (Fsp3) is 0.222. The number of thiophene rings is 1. The zero-order valence-corrected chi connectivity index (χ0v) is 16.0. The molecule has 1 atom stereocenters. The van der Waals surface area contributed by atoms with Gasteiger partial charge in [0.05, 0.1) is 25.2 Å². The lowest BCUT2D eigenvalue weighted by Gasteiger charge is -2.17. The standard InChI is InChI=1S/C18H18N4O5S/c1-26-15-9-12(13(22(24)25)10-16(15)27-2)18(23)19-11-14(17-5-3-8-28-17)21-7-4-6-20-21/h3-10,14H,11H2,1-2H3,(H,19,23). The molecule has 0 saturated heterocycles. The van der Waals surface area contributed by atoms with E-state index < -0.39 is 10.8 Å². The molecule has 1 aromatic carbocycles. The zero-order valence-electron chi connectivity index (χ0n) is 15.2. The Morgan fingerprint density at radius 2 is 2.07 bits per heavy atom. The molecule has 0 bridgehead atoms. The quantitative estimate of drug-likeness (QED) is 0.458. The van der Waals surface area contributed by atoms with E-state index in [4.69, 9.17) is 9.47 Å². The van der Waals surface area contributed by atoms with Crippen molar-refractivity contribution in [1.82, 2.24) is 15.1 Å². The molecular weight excluding hydrogens is 384 g/mol. The van der Waals surface area contributed by atoms with Gasteiger partial charge in [0.25, 0.3) is 11.6 Å². The van der Waals surface area contributed by atoms with Crippen LogP contribution in [-0.2, 0) is 0 Å². The summed E-state index contributed by atoms with van der Waals surface area (Å²) in [7, 11) is 2.77. The molecule has 1 amide bonds. The smallest absolute Gasteiger partial charge is 0.286 e. The van der Waals surface area contributed by atoms with Crippen LogP contribution in [0.4, 0.5) is 5.69 Å². The number of methoxy groups -OCH3 is 2. The predicted molar refractivity (Wildman–Crippen MR) is 103 cm³/mol. The molecule has 2 heterocycles. The number of hydrogen-bond donors (Lipinski definition) is 1. The van der Waals surface area contributed by atoms with Crippen molar-refractivity contribution in [2.45, 2.75) is 6.04 Å². The SMILES string of the molecule is COc1cc(C(=O)NCC(c2cccs2)n2cccn2)c([N+](=O)[O-])cc1OC. The van der Waals surface area contributed by atoms with Crippen LogP contribution < -0.4 is 14.8 Å². The van der Waals surface area contributed by atoms with Crippen molar-refractivity contribution in [3.05, 3.63) is 68.7 Å². The second-order valence-corrected chi connectivity index (χ2v) is 6.69. The minimum atomic E-state index is -0.624. The molecule has 0 aliphatic carbocycles. The van der Waals surface area contributed by atoms with Crippen molar-refractivity contribution in [3.63, 3.8) is 0 Å². The molecule has 3 aromatic rings. The zero-order chi connectivity index (χ0) is 20.1. The number of carbonyl (C=O) groups is 1.